The van der Waals surface area contributed by atoms with Gasteiger partial charge >= 0.3 is 6.18 Å². The highest BCUT2D eigenvalue weighted by molar-refractivity contribution is 5.36. The van der Waals surface area contributed by atoms with Crippen LogP contribution in [0, 0.1) is 0 Å². The van der Waals surface area contributed by atoms with Crippen LogP contribution in [0.25, 0.3) is 0 Å². The highest BCUT2D eigenvalue weighted by Crippen LogP contribution is 2.28. The van der Waals surface area contributed by atoms with Gasteiger partial charge in [0.05, 0.1) is 5.56 Å². The molecule has 0 unspecified atom stereocenters. The second kappa shape index (κ2) is 4.82. The van der Waals surface area contributed by atoms with Crippen LogP contribution in [-0.2, 0) is 6.18 Å². The summed E-state index contributed by atoms with van der Waals surface area (Å²) in [6.07, 6.45) is -1.05. The summed E-state index contributed by atoms with van der Waals surface area (Å²) in [6.45, 7) is 4.14. The lowest BCUT2D eigenvalue weighted by Crippen LogP contribution is -2.07. The van der Waals surface area contributed by atoms with Crippen molar-refractivity contribution < 1.29 is 13.2 Å². The Morgan fingerprint density at radius 3 is 2.60 bits per heavy atom. The maximum Gasteiger partial charge on any atom is 0.417 e. The van der Waals surface area contributed by atoms with E-state index >= 15 is 0 Å². The fraction of sp³-hybridized carbons (Fsp3) is 0.300. The van der Waals surface area contributed by atoms with Crippen LogP contribution in [0.3, 0.4) is 0 Å². The molecule has 1 rings (SSSR count). The Hall–Kier alpha value is -1.52. The number of alkyl halides is 3. The molecule has 0 radical (unpaired) electrons. The van der Waals surface area contributed by atoms with Crippen LogP contribution >= 0.6 is 0 Å². The molecule has 0 fully saturated rings. The summed E-state index contributed by atoms with van der Waals surface area (Å²) < 4.78 is 36.5. The zero-order valence-corrected chi connectivity index (χ0v) is 8.01. The molecule has 2 nitrogen and oxygen atoms in total. The maximum absolute atomic E-state index is 12.2. The molecule has 1 N–H and O–H groups in total. The molecule has 0 aliphatic heterocycles. The van der Waals surface area contributed by atoms with Gasteiger partial charge in [-0.15, -0.1) is 6.58 Å². The van der Waals surface area contributed by atoms with Crippen LogP contribution in [0.15, 0.2) is 31.0 Å². The van der Waals surface area contributed by atoms with Gasteiger partial charge < -0.3 is 5.32 Å². The number of halogens is 3. The summed E-state index contributed by atoms with van der Waals surface area (Å²) >= 11 is 0. The van der Waals surface area contributed by atoms with Crippen molar-refractivity contribution in [1.29, 1.82) is 0 Å². The van der Waals surface area contributed by atoms with E-state index in [1.807, 2.05) is 0 Å². The van der Waals surface area contributed by atoms with Crippen molar-refractivity contribution in [3.63, 3.8) is 0 Å². The molecule has 82 valence electrons. The van der Waals surface area contributed by atoms with Crippen LogP contribution in [0.5, 0.6) is 0 Å². The van der Waals surface area contributed by atoms with Gasteiger partial charge in [0.2, 0.25) is 0 Å². The molecule has 15 heavy (non-hydrogen) atoms. The third-order valence-corrected chi connectivity index (χ3v) is 1.75. The van der Waals surface area contributed by atoms with E-state index in [0.29, 0.717) is 12.4 Å². The van der Waals surface area contributed by atoms with Crippen molar-refractivity contribution in [3.05, 3.63) is 36.5 Å². The van der Waals surface area contributed by atoms with Gasteiger partial charge in [-0.3, -0.25) is 0 Å². The van der Waals surface area contributed by atoms with Crippen molar-refractivity contribution in [2.45, 2.75) is 12.6 Å². The van der Waals surface area contributed by atoms with Crippen LogP contribution in [-0.4, -0.2) is 11.5 Å². The molecule has 0 aromatic carbocycles. The van der Waals surface area contributed by atoms with Gasteiger partial charge in [-0.2, -0.15) is 13.2 Å². The van der Waals surface area contributed by atoms with Crippen molar-refractivity contribution in [1.82, 2.24) is 4.98 Å². The van der Waals surface area contributed by atoms with Crippen molar-refractivity contribution >= 4 is 5.82 Å². The van der Waals surface area contributed by atoms with Crippen LogP contribution in [0.1, 0.15) is 12.0 Å². The molecule has 0 aliphatic rings. The van der Waals surface area contributed by atoms with Gasteiger partial charge in [-0.05, 0) is 18.6 Å². The van der Waals surface area contributed by atoms with E-state index in [2.05, 4.69) is 16.9 Å². The zero-order valence-electron chi connectivity index (χ0n) is 8.01. The number of aromatic nitrogens is 1. The molecular weight excluding hydrogens is 205 g/mol. The van der Waals surface area contributed by atoms with E-state index in [1.54, 1.807) is 6.08 Å². The predicted octanol–water partition coefficient (Wildman–Crippen LogP) is 3.09. The Morgan fingerprint density at radius 1 is 1.40 bits per heavy atom. The fourth-order valence-corrected chi connectivity index (χ4v) is 0.968. The monoisotopic (exact) mass is 216 g/mol. The summed E-state index contributed by atoms with van der Waals surface area (Å²) in [5.74, 6) is 0.435. The maximum atomic E-state index is 12.2. The van der Waals surface area contributed by atoms with Crippen molar-refractivity contribution in [2.24, 2.45) is 0 Å². The zero-order chi connectivity index (χ0) is 11.3. The first-order valence-electron chi connectivity index (χ1n) is 4.42. The molecule has 0 saturated carbocycles. The fourth-order valence-electron chi connectivity index (χ4n) is 0.968. The molecule has 1 heterocycles. The van der Waals surface area contributed by atoms with Gasteiger partial charge in [0.15, 0.2) is 0 Å². The molecule has 1 aromatic heterocycles. The Balaban J connectivity index is 2.60. The molecule has 0 spiro atoms. The van der Waals surface area contributed by atoms with Crippen molar-refractivity contribution in [2.75, 3.05) is 11.9 Å². The molecule has 0 atom stereocenters. The highest BCUT2D eigenvalue weighted by atomic mass is 19.4. The number of hydrogen-bond donors (Lipinski definition) is 1. The van der Waals surface area contributed by atoms with Gasteiger partial charge in [0, 0.05) is 12.7 Å². The number of hydrogen-bond acceptors (Lipinski definition) is 2. The number of nitrogens with one attached hydrogen (secondary N) is 1. The Labute approximate surface area is 85.8 Å². The van der Waals surface area contributed by atoms with E-state index in [0.717, 1.165) is 18.7 Å². The molecule has 0 amide bonds. The van der Waals surface area contributed by atoms with Crippen LogP contribution < -0.4 is 5.32 Å². The largest absolute Gasteiger partial charge is 0.417 e. The lowest BCUT2D eigenvalue weighted by molar-refractivity contribution is -0.137. The van der Waals surface area contributed by atoms with Gasteiger partial charge in [0.1, 0.15) is 5.82 Å². The Morgan fingerprint density at radius 2 is 2.13 bits per heavy atom. The van der Waals surface area contributed by atoms with E-state index in [4.69, 9.17) is 0 Å². The Bertz CT molecular complexity index is 316. The highest BCUT2D eigenvalue weighted by Gasteiger charge is 2.30. The SMILES string of the molecule is C=CCCNc1ccc(C(F)(F)F)cn1. The number of pyridine rings is 1. The molecule has 0 aliphatic carbocycles. The van der Waals surface area contributed by atoms with E-state index in [-0.39, 0.29) is 0 Å². The first kappa shape index (κ1) is 11.6. The van der Waals surface area contributed by atoms with Crippen LogP contribution in [0.2, 0.25) is 0 Å². The normalized spacial score (nSPS) is 11.1. The summed E-state index contributed by atoms with van der Waals surface area (Å²) in [5.41, 5.74) is -0.739. The summed E-state index contributed by atoms with van der Waals surface area (Å²) in [5, 5.41) is 2.87. The van der Waals surface area contributed by atoms with E-state index < -0.39 is 11.7 Å². The summed E-state index contributed by atoms with van der Waals surface area (Å²) in [4.78, 5) is 3.65. The molecule has 0 bridgehead atoms. The minimum Gasteiger partial charge on any atom is -0.370 e. The average Bonchev–Trinajstić information content (AvgIpc) is 2.18. The quantitative estimate of drug-likeness (QED) is 0.618. The lowest BCUT2D eigenvalue weighted by atomic mass is 10.3. The first-order valence-corrected chi connectivity index (χ1v) is 4.42. The lowest BCUT2D eigenvalue weighted by Gasteiger charge is -2.07. The second-order valence-electron chi connectivity index (χ2n) is 2.93. The smallest absolute Gasteiger partial charge is 0.370 e. The molecule has 5 heteroatoms. The predicted molar refractivity (Wildman–Crippen MR) is 52.5 cm³/mol. The number of nitrogens with zero attached hydrogens (tertiary/aromatic N) is 1. The standard InChI is InChI=1S/C10H11F3N2/c1-2-3-6-14-9-5-4-8(7-15-9)10(11,12)13/h2,4-5,7H,1,3,6H2,(H,14,15). The van der Waals surface area contributed by atoms with Crippen LogP contribution in [0.4, 0.5) is 19.0 Å². The van der Waals surface area contributed by atoms with Gasteiger partial charge in [0.25, 0.3) is 0 Å². The number of anilines is 1. The molecule has 1 aromatic rings. The van der Waals surface area contributed by atoms with E-state index in [1.165, 1.54) is 6.07 Å². The van der Waals surface area contributed by atoms with E-state index in [9.17, 15) is 13.2 Å². The minimum absolute atomic E-state index is 0.435. The first-order chi connectivity index (χ1) is 7.04. The van der Waals surface area contributed by atoms with Crippen molar-refractivity contribution in [3.8, 4) is 0 Å². The van der Waals surface area contributed by atoms with Gasteiger partial charge in [-0.25, -0.2) is 4.98 Å². The topological polar surface area (TPSA) is 24.9 Å². The third kappa shape index (κ3) is 3.61. The average molecular weight is 216 g/mol. The summed E-state index contributed by atoms with van der Waals surface area (Å²) in [6, 6.07) is 2.31. The Kier molecular flexibility index (Phi) is 3.71. The number of rotatable bonds is 4. The third-order valence-electron chi connectivity index (χ3n) is 1.75. The minimum atomic E-state index is -4.33. The summed E-state index contributed by atoms with van der Waals surface area (Å²) in [7, 11) is 0. The molecule has 0 saturated heterocycles. The second-order valence-corrected chi connectivity index (χ2v) is 2.93. The van der Waals surface area contributed by atoms with Gasteiger partial charge in [-0.1, -0.05) is 6.08 Å². The molecular formula is C10H11F3N2.